The second-order valence-corrected chi connectivity index (χ2v) is 9.66. The van der Waals surface area contributed by atoms with Crippen LogP contribution in [0, 0.1) is 17.8 Å². The lowest BCUT2D eigenvalue weighted by Gasteiger charge is -2.26. The Morgan fingerprint density at radius 1 is 1.03 bits per heavy atom. The molecule has 166 valence electrons. The number of thioether (sulfide) groups is 1. The van der Waals surface area contributed by atoms with Crippen molar-refractivity contribution in [1.29, 1.82) is 0 Å². The number of benzene rings is 1. The summed E-state index contributed by atoms with van der Waals surface area (Å²) in [5.41, 5.74) is 1.15. The number of nitrogens with zero attached hydrogens (tertiary/aromatic N) is 1. The number of carbonyl (C=O) groups is 4. The summed E-state index contributed by atoms with van der Waals surface area (Å²) in [6.07, 6.45) is 7.55. The molecule has 3 aliphatic rings. The average Bonchev–Trinajstić information content (AvgIpc) is 3.58. The van der Waals surface area contributed by atoms with Gasteiger partial charge in [-0.15, -0.1) is 0 Å². The van der Waals surface area contributed by atoms with Gasteiger partial charge in [-0.25, -0.2) is 0 Å². The Balaban J connectivity index is 1.49. The fourth-order valence-corrected chi connectivity index (χ4v) is 5.05. The summed E-state index contributed by atoms with van der Waals surface area (Å²) in [6.45, 7) is 0. The van der Waals surface area contributed by atoms with Gasteiger partial charge >= 0.3 is 0 Å². The van der Waals surface area contributed by atoms with Crippen molar-refractivity contribution < 1.29 is 19.2 Å². The van der Waals surface area contributed by atoms with Crippen molar-refractivity contribution >= 4 is 46.8 Å². The highest BCUT2D eigenvalue weighted by atomic mass is 32.2. The van der Waals surface area contributed by atoms with Crippen molar-refractivity contribution in [3.05, 3.63) is 24.3 Å². The number of hydrogen-bond donors (Lipinski definition) is 2. The molecule has 1 aromatic rings. The van der Waals surface area contributed by atoms with Crippen molar-refractivity contribution in [2.75, 3.05) is 22.6 Å². The largest absolute Gasteiger partial charge is 0.326 e. The second-order valence-electron chi connectivity index (χ2n) is 8.67. The number of rotatable bonds is 8. The Morgan fingerprint density at radius 2 is 1.65 bits per heavy atom. The van der Waals surface area contributed by atoms with E-state index < -0.39 is 6.04 Å². The molecule has 0 unspecified atom stereocenters. The van der Waals surface area contributed by atoms with Crippen molar-refractivity contribution in [3.63, 3.8) is 0 Å². The highest BCUT2D eigenvalue weighted by Gasteiger charge is 2.51. The van der Waals surface area contributed by atoms with E-state index in [1.54, 1.807) is 36.0 Å². The molecule has 1 heterocycles. The standard InChI is InChI=1S/C23H29N3O4S/c1-31-12-11-19(26-22(29)17-7-2-3-8-18(17)23(26)30)21(28)25-16-6-4-5-15(13-16)24-20(27)14-9-10-14/h4-6,13-14,17-19H,2-3,7-12H2,1H3,(H,24,27)(H,25,28)/t17-,18-,19-/m1/s1. The summed E-state index contributed by atoms with van der Waals surface area (Å²) in [5.74, 6) is -0.536. The molecule has 0 aromatic heterocycles. The molecule has 3 fully saturated rings. The molecule has 3 atom stereocenters. The molecule has 0 bridgehead atoms. The molecule has 1 saturated heterocycles. The summed E-state index contributed by atoms with van der Waals surface area (Å²) in [7, 11) is 0. The van der Waals surface area contributed by atoms with Gasteiger partial charge in [0.1, 0.15) is 6.04 Å². The number of nitrogens with one attached hydrogen (secondary N) is 2. The molecule has 4 amide bonds. The van der Waals surface area contributed by atoms with Gasteiger partial charge in [-0.3, -0.25) is 24.1 Å². The first-order valence-electron chi connectivity index (χ1n) is 11.1. The van der Waals surface area contributed by atoms with E-state index in [1.807, 2.05) is 6.26 Å². The molecule has 4 rings (SSSR count). The van der Waals surface area contributed by atoms with E-state index in [2.05, 4.69) is 10.6 Å². The first-order chi connectivity index (χ1) is 15.0. The van der Waals surface area contributed by atoms with E-state index in [9.17, 15) is 19.2 Å². The number of hydrogen-bond acceptors (Lipinski definition) is 5. The van der Waals surface area contributed by atoms with Crippen LogP contribution in [-0.4, -0.2) is 46.6 Å². The van der Waals surface area contributed by atoms with E-state index in [1.165, 1.54) is 4.90 Å². The Morgan fingerprint density at radius 3 is 2.23 bits per heavy atom. The average molecular weight is 444 g/mol. The summed E-state index contributed by atoms with van der Waals surface area (Å²) >= 11 is 1.58. The molecule has 31 heavy (non-hydrogen) atoms. The van der Waals surface area contributed by atoms with Crippen LogP contribution in [0.4, 0.5) is 11.4 Å². The minimum absolute atomic E-state index is 0.00260. The third-order valence-electron chi connectivity index (χ3n) is 6.43. The van der Waals surface area contributed by atoms with Crippen LogP contribution < -0.4 is 10.6 Å². The number of carbonyl (C=O) groups excluding carboxylic acids is 4. The van der Waals surface area contributed by atoms with E-state index >= 15 is 0 Å². The van der Waals surface area contributed by atoms with Gasteiger partial charge in [0, 0.05) is 17.3 Å². The van der Waals surface area contributed by atoms with Crippen LogP contribution in [0.3, 0.4) is 0 Å². The van der Waals surface area contributed by atoms with Gasteiger partial charge < -0.3 is 10.6 Å². The number of imide groups is 1. The SMILES string of the molecule is CSCC[C@H](C(=O)Nc1cccc(NC(=O)C2CC2)c1)N1C(=O)[C@@H]2CCCC[C@H]2C1=O. The van der Waals surface area contributed by atoms with E-state index in [0.717, 1.165) is 38.5 Å². The third kappa shape index (κ3) is 4.79. The molecular weight excluding hydrogens is 414 g/mol. The topological polar surface area (TPSA) is 95.6 Å². The van der Waals surface area contributed by atoms with Crippen LogP contribution in [0.5, 0.6) is 0 Å². The van der Waals surface area contributed by atoms with Crippen LogP contribution in [0.15, 0.2) is 24.3 Å². The summed E-state index contributed by atoms with van der Waals surface area (Å²) in [4.78, 5) is 52.5. The molecule has 7 nitrogen and oxygen atoms in total. The van der Waals surface area contributed by atoms with Crippen LogP contribution in [0.1, 0.15) is 44.9 Å². The lowest BCUT2D eigenvalue weighted by molar-refractivity contribution is -0.146. The van der Waals surface area contributed by atoms with Gasteiger partial charge in [-0.05, 0) is 62.3 Å². The van der Waals surface area contributed by atoms with Crippen LogP contribution >= 0.6 is 11.8 Å². The van der Waals surface area contributed by atoms with E-state index in [-0.39, 0.29) is 41.4 Å². The van der Waals surface area contributed by atoms with Crippen molar-refractivity contribution in [3.8, 4) is 0 Å². The van der Waals surface area contributed by atoms with Gasteiger partial charge in [-0.1, -0.05) is 18.9 Å². The molecule has 0 radical (unpaired) electrons. The molecular formula is C23H29N3O4S. The predicted molar refractivity (Wildman–Crippen MR) is 121 cm³/mol. The lowest BCUT2D eigenvalue weighted by atomic mass is 9.81. The smallest absolute Gasteiger partial charge is 0.247 e. The molecule has 0 spiro atoms. The number of amides is 4. The van der Waals surface area contributed by atoms with Crippen molar-refractivity contribution in [1.82, 2.24) is 4.90 Å². The lowest BCUT2D eigenvalue weighted by Crippen LogP contribution is -2.48. The van der Waals surface area contributed by atoms with Crippen molar-refractivity contribution in [2.45, 2.75) is 51.0 Å². The molecule has 2 saturated carbocycles. The Bertz CT molecular complexity index is 861. The molecule has 8 heteroatoms. The Hall–Kier alpha value is -2.35. The first-order valence-corrected chi connectivity index (χ1v) is 12.5. The van der Waals surface area contributed by atoms with Crippen LogP contribution in [0.25, 0.3) is 0 Å². The van der Waals surface area contributed by atoms with Crippen LogP contribution in [-0.2, 0) is 19.2 Å². The maximum Gasteiger partial charge on any atom is 0.247 e. The summed E-state index contributed by atoms with van der Waals surface area (Å²) in [5, 5.41) is 5.73. The Labute approximate surface area is 186 Å². The van der Waals surface area contributed by atoms with Gasteiger partial charge in [0.05, 0.1) is 11.8 Å². The Kier molecular flexibility index (Phi) is 6.65. The zero-order chi connectivity index (χ0) is 22.0. The fraction of sp³-hybridized carbons (Fsp3) is 0.565. The highest BCUT2D eigenvalue weighted by Crippen LogP contribution is 2.39. The maximum absolute atomic E-state index is 13.2. The molecule has 1 aromatic carbocycles. The van der Waals surface area contributed by atoms with Crippen molar-refractivity contribution in [2.24, 2.45) is 17.8 Å². The summed E-state index contributed by atoms with van der Waals surface area (Å²) in [6, 6.07) is 6.17. The normalized spacial score (nSPS) is 24.0. The predicted octanol–water partition coefficient (Wildman–Crippen LogP) is 3.27. The van der Waals surface area contributed by atoms with E-state index in [4.69, 9.17) is 0 Å². The van der Waals surface area contributed by atoms with Gasteiger partial charge in [-0.2, -0.15) is 11.8 Å². The zero-order valence-corrected chi connectivity index (χ0v) is 18.6. The van der Waals surface area contributed by atoms with Crippen LogP contribution in [0.2, 0.25) is 0 Å². The van der Waals surface area contributed by atoms with Gasteiger partial charge in [0.15, 0.2) is 0 Å². The fourth-order valence-electron chi connectivity index (χ4n) is 4.59. The molecule has 2 aliphatic carbocycles. The quantitative estimate of drug-likeness (QED) is 0.601. The monoisotopic (exact) mass is 443 g/mol. The number of likely N-dealkylation sites (tertiary alicyclic amines) is 1. The number of fused-ring (bicyclic) bond motifs is 1. The number of anilines is 2. The minimum Gasteiger partial charge on any atom is -0.326 e. The van der Waals surface area contributed by atoms with E-state index in [0.29, 0.717) is 23.5 Å². The maximum atomic E-state index is 13.2. The molecule has 2 N–H and O–H groups in total. The first kappa shape index (κ1) is 21.9. The second kappa shape index (κ2) is 9.42. The highest BCUT2D eigenvalue weighted by molar-refractivity contribution is 7.98. The molecule has 1 aliphatic heterocycles. The zero-order valence-electron chi connectivity index (χ0n) is 17.8. The minimum atomic E-state index is -0.817. The van der Waals surface area contributed by atoms with Gasteiger partial charge in [0.2, 0.25) is 23.6 Å². The summed E-state index contributed by atoms with van der Waals surface area (Å²) < 4.78 is 0. The van der Waals surface area contributed by atoms with Gasteiger partial charge in [0.25, 0.3) is 0 Å². The third-order valence-corrected chi connectivity index (χ3v) is 7.07.